The number of rotatable bonds is 5. The van der Waals surface area contributed by atoms with Crippen molar-refractivity contribution >= 4 is 10.0 Å². The maximum absolute atomic E-state index is 12.8. The molecule has 1 fully saturated rings. The van der Waals surface area contributed by atoms with Gasteiger partial charge in [0.05, 0.1) is 4.90 Å². The van der Waals surface area contributed by atoms with Crippen molar-refractivity contribution in [2.45, 2.75) is 63.9 Å². The van der Waals surface area contributed by atoms with Crippen LogP contribution in [0, 0.1) is 5.41 Å². The van der Waals surface area contributed by atoms with Gasteiger partial charge in [0, 0.05) is 12.6 Å². The highest BCUT2D eigenvalue weighted by Gasteiger charge is 2.37. The van der Waals surface area contributed by atoms with Crippen LogP contribution in [0.2, 0.25) is 0 Å². The Morgan fingerprint density at radius 3 is 2.62 bits per heavy atom. The van der Waals surface area contributed by atoms with Crippen LogP contribution >= 0.6 is 0 Å². The van der Waals surface area contributed by atoms with E-state index in [2.05, 4.69) is 18.6 Å². The fraction of sp³-hybridized carbons (Fsp3) is 0.625. The first-order chi connectivity index (χ1) is 9.80. The van der Waals surface area contributed by atoms with E-state index in [0.717, 1.165) is 30.4 Å². The minimum atomic E-state index is -3.50. The molecule has 0 saturated heterocycles. The van der Waals surface area contributed by atoms with Gasteiger partial charge in [-0.15, -0.1) is 0 Å². The van der Waals surface area contributed by atoms with Crippen molar-refractivity contribution in [1.82, 2.24) is 4.72 Å². The summed E-state index contributed by atoms with van der Waals surface area (Å²) in [6, 6.07) is 5.49. The van der Waals surface area contributed by atoms with Gasteiger partial charge in [0.2, 0.25) is 10.0 Å². The van der Waals surface area contributed by atoms with Gasteiger partial charge < -0.3 is 5.73 Å². The van der Waals surface area contributed by atoms with Crippen LogP contribution in [0.15, 0.2) is 23.1 Å². The molecular formula is C16H26N2O2S. The molecule has 2 rings (SSSR count). The van der Waals surface area contributed by atoms with Crippen LogP contribution in [-0.4, -0.2) is 14.5 Å². The first-order valence-electron chi connectivity index (χ1n) is 7.64. The summed E-state index contributed by atoms with van der Waals surface area (Å²) in [4.78, 5) is 0.385. The van der Waals surface area contributed by atoms with Crippen LogP contribution in [0.1, 0.15) is 51.2 Å². The summed E-state index contributed by atoms with van der Waals surface area (Å²) >= 11 is 0. The predicted molar refractivity (Wildman–Crippen MR) is 85.5 cm³/mol. The van der Waals surface area contributed by atoms with Gasteiger partial charge in [-0.25, -0.2) is 13.1 Å². The fourth-order valence-electron chi connectivity index (χ4n) is 3.06. The Hall–Kier alpha value is -0.910. The second-order valence-electron chi connectivity index (χ2n) is 6.55. The van der Waals surface area contributed by atoms with Gasteiger partial charge >= 0.3 is 0 Å². The average molecular weight is 310 g/mol. The number of sulfonamides is 1. The van der Waals surface area contributed by atoms with Crippen molar-refractivity contribution in [2.75, 3.05) is 0 Å². The third kappa shape index (κ3) is 3.47. The van der Waals surface area contributed by atoms with Crippen LogP contribution < -0.4 is 10.5 Å². The first kappa shape index (κ1) is 16.5. The van der Waals surface area contributed by atoms with Gasteiger partial charge in [0.1, 0.15) is 0 Å². The molecule has 0 amide bonds. The molecule has 1 unspecified atom stereocenters. The number of nitrogens with two attached hydrogens (primary N) is 1. The monoisotopic (exact) mass is 310 g/mol. The van der Waals surface area contributed by atoms with Crippen molar-refractivity contribution in [3.63, 3.8) is 0 Å². The van der Waals surface area contributed by atoms with Gasteiger partial charge in [-0.3, -0.25) is 0 Å². The van der Waals surface area contributed by atoms with Crippen LogP contribution in [0.4, 0.5) is 0 Å². The number of hydrogen-bond donors (Lipinski definition) is 2. The molecular weight excluding hydrogens is 284 g/mol. The highest BCUT2D eigenvalue weighted by molar-refractivity contribution is 7.89. The Bertz CT molecular complexity index is 609. The van der Waals surface area contributed by atoms with Gasteiger partial charge in [-0.05, 0) is 41.9 Å². The van der Waals surface area contributed by atoms with Crippen molar-refractivity contribution in [2.24, 2.45) is 11.1 Å². The predicted octanol–water partition coefficient (Wildman–Crippen LogP) is 2.56. The molecule has 0 spiro atoms. The van der Waals surface area contributed by atoms with Gasteiger partial charge in [0.25, 0.3) is 0 Å². The average Bonchev–Trinajstić information content (AvgIpc) is 2.76. The van der Waals surface area contributed by atoms with E-state index >= 15 is 0 Å². The Labute approximate surface area is 128 Å². The van der Waals surface area contributed by atoms with E-state index in [1.54, 1.807) is 6.07 Å². The zero-order valence-electron chi connectivity index (χ0n) is 13.1. The maximum atomic E-state index is 12.8. The molecule has 5 heteroatoms. The lowest BCUT2D eigenvalue weighted by molar-refractivity contribution is 0.313. The summed E-state index contributed by atoms with van der Waals surface area (Å²) in [5.74, 6) is 0. The third-order valence-electron chi connectivity index (χ3n) is 4.59. The molecule has 0 aromatic heterocycles. The molecule has 21 heavy (non-hydrogen) atoms. The van der Waals surface area contributed by atoms with Crippen LogP contribution in [0.25, 0.3) is 0 Å². The molecule has 4 nitrogen and oxygen atoms in total. The lowest BCUT2D eigenvalue weighted by Gasteiger charge is -2.28. The van der Waals surface area contributed by atoms with E-state index in [1.165, 1.54) is 0 Å². The van der Waals surface area contributed by atoms with Crippen LogP contribution in [0.3, 0.4) is 0 Å². The zero-order valence-corrected chi connectivity index (χ0v) is 14.0. The summed E-state index contributed by atoms with van der Waals surface area (Å²) in [6.07, 6.45) is 3.73. The second-order valence-corrected chi connectivity index (χ2v) is 8.24. The fourth-order valence-corrected chi connectivity index (χ4v) is 4.87. The highest BCUT2D eigenvalue weighted by Crippen LogP contribution is 2.38. The molecule has 118 valence electrons. The van der Waals surface area contributed by atoms with Crippen molar-refractivity contribution < 1.29 is 8.42 Å². The molecule has 1 aromatic rings. The molecule has 3 N–H and O–H groups in total. The minimum absolute atomic E-state index is 0.00809. The first-order valence-corrected chi connectivity index (χ1v) is 9.12. The molecule has 1 aliphatic rings. The summed E-state index contributed by atoms with van der Waals surface area (Å²) in [5.41, 5.74) is 7.35. The topological polar surface area (TPSA) is 72.2 Å². The van der Waals surface area contributed by atoms with Crippen LogP contribution in [-0.2, 0) is 23.0 Å². The zero-order chi connectivity index (χ0) is 15.7. The lowest BCUT2D eigenvalue weighted by Crippen LogP contribution is -2.41. The molecule has 1 atom stereocenters. The van der Waals surface area contributed by atoms with E-state index in [-0.39, 0.29) is 11.5 Å². The molecule has 1 aromatic carbocycles. The third-order valence-corrected chi connectivity index (χ3v) is 6.15. The highest BCUT2D eigenvalue weighted by atomic mass is 32.2. The smallest absolute Gasteiger partial charge is 0.241 e. The standard InChI is InChI=1S/C16H26N2O2S/c1-4-13-8-7-12(11-17)10-14(13)21(19,20)18-15-6-5-9-16(15,2)3/h7-8,10,15,18H,4-6,9,11,17H2,1-3H3. The number of benzene rings is 1. The maximum Gasteiger partial charge on any atom is 0.241 e. The number of aryl methyl sites for hydroxylation is 1. The van der Waals surface area contributed by atoms with E-state index in [9.17, 15) is 8.42 Å². The van der Waals surface area contributed by atoms with E-state index in [1.807, 2.05) is 19.1 Å². The minimum Gasteiger partial charge on any atom is -0.326 e. The van der Waals surface area contributed by atoms with Gasteiger partial charge in [-0.2, -0.15) is 0 Å². The second kappa shape index (κ2) is 6.07. The van der Waals surface area contributed by atoms with Crippen molar-refractivity contribution in [1.29, 1.82) is 0 Å². The Kier molecular flexibility index (Phi) is 4.76. The molecule has 0 heterocycles. The van der Waals surface area contributed by atoms with Crippen molar-refractivity contribution in [3.8, 4) is 0 Å². The molecule has 0 aliphatic heterocycles. The van der Waals surface area contributed by atoms with Crippen LogP contribution in [0.5, 0.6) is 0 Å². The molecule has 0 radical (unpaired) electrons. The summed E-state index contributed by atoms with van der Waals surface area (Å²) < 4.78 is 28.5. The van der Waals surface area contributed by atoms with Gasteiger partial charge in [0.15, 0.2) is 0 Å². The molecule has 0 bridgehead atoms. The largest absolute Gasteiger partial charge is 0.326 e. The summed E-state index contributed by atoms with van der Waals surface area (Å²) in [7, 11) is -3.50. The summed E-state index contributed by atoms with van der Waals surface area (Å²) in [6.45, 7) is 6.58. The Balaban J connectivity index is 2.35. The van der Waals surface area contributed by atoms with Gasteiger partial charge in [-0.1, -0.05) is 39.3 Å². The normalized spacial score (nSPS) is 21.6. The Morgan fingerprint density at radius 2 is 2.10 bits per heavy atom. The Morgan fingerprint density at radius 1 is 1.38 bits per heavy atom. The lowest BCUT2D eigenvalue weighted by atomic mass is 9.88. The molecule has 1 saturated carbocycles. The van der Waals surface area contributed by atoms with E-state index in [0.29, 0.717) is 17.9 Å². The summed E-state index contributed by atoms with van der Waals surface area (Å²) in [5, 5.41) is 0. The number of nitrogens with one attached hydrogen (secondary N) is 1. The van der Waals surface area contributed by atoms with E-state index in [4.69, 9.17) is 5.73 Å². The molecule has 1 aliphatic carbocycles. The quantitative estimate of drug-likeness (QED) is 0.878. The van der Waals surface area contributed by atoms with E-state index < -0.39 is 10.0 Å². The van der Waals surface area contributed by atoms with Crippen molar-refractivity contribution in [3.05, 3.63) is 29.3 Å². The SMILES string of the molecule is CCc1ccc(CN)cc1S(=O)(=O)NC1CCCC1(C)C. The number of hydrogen-bond acceptors (Lipinski definition) is 3.